The molecule has 0 aromatic heterocycles. The molecule has 1 aromatic carbocycles. The molecule has 1 aliphatic heterocycles. The van der Waals surface area contributed by atoms with Gasteiger partial charge < -0.3 is 14.8 Å². The van der Waals surface area contributed by atoms with Crippen LogP contribution in [0.5, 0.6) is 11.5 Å². The first kappa shape index (κ1) is 12.8. The first-order valence-electron chi connectivity index (χ1n) is 5.53. The molecule has 0 unspecified atom stereocenters. The summed E-state index contributed by atoms with van der Waals surface area (Å²) in [6.45, 7) is 0.809. The molecule has 7 heteroatoms. The molecule has 1 heterocycles. The van der Waals surface area contributed by atoms with Gasteiger partial charge in [-0.3, -0.25) is 10.1 Å². The lowest BCUT2D eigenvalue weighted by Crippen LogP contribution is -2.05. The lowest BCUT2D eigenvalue weighted by molar-refractivity contribution is -0.384. The molecule has 1 N–H and O–H groups in total. The molecule has 0 atom stereocenters. The van der Waals surface area contributed by atoms with Crippen LogP contribution in [-0.4, -0.2) is 30.3 Å². The maximum atomic E-state index is 11.0. The molecule has 0 fully saturated rings. The first-order valence-corrected chi connectivity index (χ1v) is 6.92. The van der Waals surface area contributed by atoms with E-state index in [1.54, 1.807) is 17.8 Å². The number of nitro benzene ring substituents is 1. The number of benzene rings is 1. The van der Waals surface area contributed by atoms with Crippen LogP contribution in [0.15, 0.2) is 12.1 Å². The van der Waals surface area contributed by atoms with Gasteiger partial charge in [-0.15, -0.1) is 0 Å². The highest BCUT2D eigenvalue weighted by atomic mass is 32.2. The Morgan fingerprint density at radius 3 is 2.83 bits per heavy atom. The number of rotatable bonds is 6. The van der Waals surface area contributed by atoms with Gasteiger partial charge in [0.25, 0.3) is 5.69 Å². The fourth-order valence-electron chi connectivity index (χ4n) is 1.66. The third kappa shape index (κ3) is 2.79. The quantitative estimate of drug-likeness (QED) is 0.486. The maximum absolute atomic E-state index is 11.0. The second-order valence-corrected chi connectivity index (χ2v) is 4.74. The van der Waals surface area contributed by atoms with Crippen LogP contribution in [0.2, 0.25) is 0 Å². The van der Waals surface area contributed by atoms with Gasteiger partial charge in [-0.2, -0.15) is 11.8 Å². The molecular weight excluding hydrogens is 256 g/mol. The van der Waals surface area contributed by atoms with Crippen LogP contribution in [0.25, 0.3) is 0 Å². The van der Waals surface area contributed by atoms with Crippen molar-refractivity contribution < 1.29 is 14.4 Å². The van der Waals surface area contributed by atoms with Crippen molar-refractivity contribution in [2.75, 3.05) is 30.7 Å². The number of nitro groups is 1. The van der Waals surface area contributed by atoms with Crippen molar-refractivity contribution in [1.82, 2.24) is 0 Å². The fourth-order valence-corrected chi connectivity index (χ4v) is 2.10. The Hall–Kier alpha value is -1.63. The summed E-state index contributed by atoms with van der Waals surface area (Å²) in [7, 11) is 0. The van der Waals surface area contributed by atoms with Crippen molar-refractivity contribution in [3.8, 4) is 11.5 Å². The first-order chi connectivity index (χ1) is 8.72. The molecule has 0 aliphatic carbocycles. The van der Waals surface area contributed by atoms with E-state index in [9.17, 15) is 10.1 Å². The SMILES string of the molecule is CSCCCNc1cc2c(cc1[N+](=O)[O-])OCO2. The predicted octanol–water partition coefficient (Wildman–Crippen LogP) is 2.49. The van der Waals surface area contributed by atoms with Crippen LogP contribution < -0.4 is 14.8 Å². The molecule has 0 amide bonds. The third-order valence-electron chi connectivity index (χ3n) is 2.53. The van der Waals surface area contributed by atoms with Crippen molar-refractivity contribution in [2.45, 2.75) is 6.42 Å². The molecule has 6 nitrogen and oxygen atoms in total. The van der Waals surface area contributed by atoms with E-state index in [-0.39, 0.29) is 12.5 Å². The standard InChI is InChI=1S/C11H14N2O4S/c1-18-4-2-3-12-8-5-10-11(17-7-16-10)6-9(8)13(14)15/h5-6,12H,2-4,7H2,1H3. The minimum absolute atomic E-state index is 0.0170. The zero-order valence-electron chi connectivity index (χ0n) is 9.97. The molecule has 0 spiro atoms. The van der Waals surface area contributed by atoms with Gasteiger partial charge in [0.05, 0.1) is 11.0 Å². The van der Waals surface area contributed by atoms with Gasteiger partial charge in [0.15, 0.2) is 11.5 Å². The van der Waals surface area contributed by atoms with Crippen LogP contribution in [0.4, 0.5) is 11.4 Å². The summed E-state index contributed by atoms with van der Waals surface area (Å²) in [4.78, 5) is 10.6. The molecule has 0 saturated carbocycles. The van der Waals surface area contributed by atoms with Gasteiger partial charge in [-0.25, -0.2) is 0 Å². The highest BCUT2D eigenvalue weighted by Gasteiger charge is 2.22. The molecule has 0 saturated heterocycles. The summed E-state index contributed by atoms with van der Waals surface area (Å²) < 4.78 is 10.3. The maximum Gasteiger partial charge on any atom is 0.296 e. The van der Waals surface area contributed by atoms with Gasteiger partial charge in [0.2, 0.25) is 6.79 Å². The summed E-state index contributed by atoms with van der Waals surface area (Å²) in [6.07, 6.45) is 2.98. The largest absolute Gasteiger partial charge is 0.454 e. The smallest absolute Gasteiger partial charge is 0.296 e. The monoisotopic (exact) mass is 270 g/mol. The zero-order valence-corrected chi connectivity index (χ0v) is 10.8. The van der Waals surface area contributed by atoms with E-state index in [0.717, 1.165) is 12.2 Å². The fraction of sp³-hybridized carbons (Fsp3) is 0.455. The molecule has 1 aliphatic rings. The Labute approximate surface area is 109 Å². The Morgan fingerprint density at radius 1 is 1.44 bits per heavy atom. The van der Waals surface area contributed by atoms with Crippen LogP contribution in [0, 0.1) is 10.1 Å². The van der Waals surface area contributed by atoms with Crippen molar-refractivity contribution >= 4 is 23.1 Å². The topological polar surface area (TPSA) is 73.6 Å². The number of fused-ring (bicyclic) bond motifs is 1. The number of nitrogens with one attached hydrogen (secondary N) is 1. The summed E-state index contributed by atoms with van der Waals surface area (Å²) in [6, 6.07) is 3.03. The summed E-state index contributed by atoms with van der Waals surface area (Å²) >= 11 is 1.75. The number of nitrogens with zero attached hydrogens (tertiary/aromatic N) is 1. The highest BCUT2D eigenvalue weighted by molar-refractivity contribution is 7.98. The van der Waals surface area contributed by atoms with Crippen molar-refractivity contribution in [3.63, 3.8) is 0 Å². The minimum atomic E-state index is -0.418. The molecular formula is C11H14N2O4S. The van der Waals surface area contributed by atoms with Crippen LogP contribution >= 0.6 is 11.8 Å². The summed E-state index contributed by atoms with van der Waals surface area (Å²) in [5.41, 5.74) is 0.494. The average molecular weight is 270 g/mol. The van der Waals surface area contributed by atoms with Gasteiger partial charge in [0.1, 0.15) is 5.69 Å². The van der Waals surface area contributed by atoms with E-state index >= 15 is 0 Å². The Kier molecular flexibility index (Phi) is 4.14. The minimum Gasteiger partial charge on any atom is -0.454 e. The average Bonchev–Trinajstić information content (AvgIpc) is 2.80. The van der Waals surface area contributed by atoms with Crippen molar-refractivity contribution in [1.29, 1.82) is 0 Å². The van der Waals surface area contributed by atoms with Gasteiger partial charge in [-0.1, -0.05) is 0 Å². The second-order valence-electron chi connectivity index (χ2n) is 3.75. The van der Waals surface area contributed by atoms with E-state index in [2.05, 4.69) is 5.32 Å². The predicted molar refractivity (Wildman–Crippen MR) is 70.7 cm³/mol. The van der Waals surface area contributed by atoms with E-state index in [1.165, 1.54) is 6.07 Å². The van der Waals surface area contributed by atoms with Crippen LogP contribution in [0.1, 0.15) is 6.42 Å². The normalized spacial score (nSPS) is 12.5. The molecule has 0 bridgehead atoms. The number of hydrogen-bond donors (Lipinski definition) is 1. The van der Waals surface area contributed by atoms with E-state index < -0.39 is 4.92 Å². The van der Waals surface area contributed by atoms with E-state index in [4.69, 9.17) is 9.47 Å². The number of thioether (sulfide) groups is 1. The molecule has 0 radical (unpaired) electrons. The summed E-state index contributed by atoms with van der Waals surface area (Å²) in [5.74, 6) is 2.00. The molecule has 1 aromatic rings. The second kappa shape index (κ2) is 5.81. The molecule has 2 rings (SSSR count). The Bertz CT molecular complexity index is 453. The van der Waals surface area contributed by atoms with Gasteiger partial charge in [-0.05, 0) is 18.4 Å². The van der Waals surface area contributed by atoms with Crippen molar-refractivity contribution in [2.24, 2.45) is 0 Å². The lowest BCUT2D eigenvalue weighted by Gasteiger charge is -2.07. The number of anilines is 1. The highest BCUT2D eigenvalue weighted by Crippen LogP contribution is 2.40. The lowest BCUT2D eigenvalue weighted by atomic mass is 10.2. The van der Waals surface area contributed by atoms with E-state index in [1.807, 2.05) is 6.26 Å². The summed E-state index contributed by atoms with van der Waals surface area (Å²) in [5, 5.41) is 14.0. The van der Waals surface area contributed by atoms with Gasteiger partial charge in [0, 0.05) is 12.6 Å². The molecule has 98 valence electrons. The van der Waals surface area contributed by atoms with Gasteiger partial charge >= 0.3 is 0 Å². The van der Waals surface area contributed by atoms with E-state index in [0.29, 0.717) is 23.7 Å². The molecule has 18 heavy (non-hydrogen) atoms. The number of ether oxygens (including phenoxy) is 2. The zero-order chi connectivity index (χ0) is 13.0. The van der Waals surface area contributed by atoms with Crippen LogP contribution in [-0.2, 0) is 0 Å². The third-order valence-corrected chi connectivity index (χ3v) is 3.23. The van der Waals surface area contributed by atoms with Crippen LogP contribution in [0.3, 0.4) is 0 Å². The Morgan fingerprint density at radius 2 is 2.17 bits per heavy atom. The Balaban J connectivity index is 2.14. The number of hydrogen-bond acceptors (Lipinski definition) is 6. The van der Waals surface area contributed by atoms with Crippen molar-refractivity contribution in [3.05, 3.63) is 22.2 Å².